The van der Waals surface area contributed by atoms with Gasteiger partial charge in [-0.3, -0.25) is 0 Å². The largest absolute Gasteiger partial charge is 0 e. The second-order valence-electron chi connectivity index (χ2n) is 14.0. The van der Waals surface area contributed by atoms with Gasteiger partial charge < -0.3 is 9.40 Å². The minimum atomic E-state index is -2.37. The summed E-state index contributed by atoms with van der Waals surface area (Å²) in [4.78, 5) is 8.96. The molecule has 0 aliphatic heterocycles. The first-order chi connectivity index (χ1) is 22.7. The SMILES string of the molecule is CC(C)(C)Cc1ccnc(-c2[c-]ccc3c2oc2ccccc23)c1.[2H]C([2H])([2H])c1c[c-]c(-c2cc(C([2H])(C)C)[c]([Ge]([CH3])([CH3])[CH3])cn2)c(F)c1.[Ir]. The molecule has 241 valence electrons. The third kappa shape index (κ3) is 8.23. The standard InChI is InChI=1S/C22H20NO.C18H23FGeN.Ir/c1-22(2,3)14-15-11-12-23-19(13-15)18-9-6-8-17-16-7-4-5-10-20(16)24-21(17)18;1-12(2)15-10-18(21-11-17(15)20(4,5)6)14-8-7-13(3)9-16(14)19;/h4-8,10-13H,14H2,1-3H3;7,9-12H,1-6H3;/q2*-1;/i;3D3,12D;. The van der Waals surface area contributed by atoms with Gasteiger partial charge in [0.2, 0.25) is 0 Å². The zero-order chi connectivity index (χ0) is 35.9. The van der Waals surface area contributed by atoms with Crippen molar-refractivity contribution < 1.29 is 34.4 Å². The van der Waals surface area contributed by atoms with Crippen molar-refractivity contribution in [3.05, 3.63) is 114 Å². The molecular weight excluding hydrogens is 808 g/mol. The number of benzene rings is 3. The number of para-hydroxylation sites is 1. The van der Waals surface area contributed by atoms with E-state index in [-0.39, 0.29) is 36.6 Å². The number of aryl methyl sites for hydroxylation is 1. The molecule has 0 atom stereocenters. The van der Waals surface area contributed by atoms with Gasteiger partial charge in [-0.1, -0.05) is 61.5 Å². The number of furan rings is 1. The molecule has 46 heavy (non-hydrogen) atoms. The summed E-state index contributed by atoms with van der Waals surface area (Å²) >= 11 is -2.25. The van der Waals surface area contributed by atoms with Crippen molar-refractivity contribution in [2.45, 2.75) is 71.1 Å². The number of halogens is 1. The molecule has 0 spiro atoms. The van der Waals surface area contributed by atoms with Crippen molar-refractivity contribution in [3.63, 3.8) is 0 Å². The minimum Gasteiger partial charge on any atom is 0 e. The van der Waals surface area contributed by atoms with Crippen molar-refractivity contribution in [2.24, 2.45) is 5.41 Å². The maximum absolute atomic E-state index is 14.5. The Morgan fingerprint density at radius 3 is 2.37 bits per heavy atom. The number of pyridine rings is 2. The topological polar surface area (TPSA) is 38.9 Å². The molecule has 1 radical (unpaired) electrons. The van der Waals surface area contributed by atoms with Gasteiger partial charge in [-0.2, -0.15) is 0 Å². The van der Waals surface area contributed by atoms with Gasteiger partial charge in [-0.05, 0) is 29.7 Å². The number of fused-ring (bicyclic) bond motifs is 3. The predicted octanol–water partition coefficient (Wildman–Crippen LogP) is 10.7. The molecule has 0 fully saturated rings. The first kappa shape index (κ1) is 30.2. The Bertz CT molecular complexity index is 2130. The second kappa shape index (κ2) is 14.3. The number of rotatable bonds is 5. The Labute approximate surface area is 295 Å². The molecule has 0 unspecified atom stereocenters. The van der Waals surface area contributed by atoms with Crippen LogP contribution in [-0.2, 0) is 26.5 Å². The van der Waals surface area contributed by atoms with E-state index in [0.29, 0.717) is 5.69 Å². The molecular formula is C40H43FGeIrN2O-2. The summed E-state index contributed by atoms with van der Waals surface area (Å²) in [5.41, 5.74) is 6.40. The maximum Gasteiger partial charge on any atom is 0 e. The fourth-order valence-corrected chi connectivity index (χ4v) is 8.80. The first-order valence-electron chi connectivity index (χ1n) is 17.2. The summed E-state index contributed by atoms with van der Waals surface area (Å²) in [7, 11) is 0. The summed E-state index contributed by atoms with van der Waals surface area (Å²) in [6, 6.07) is 26.5. The molecule has 6 rings (SSSR count). The average Bonchev–Trinajstić information content (AvgIpc) is 3.38. The molecule has 3 heterocycles. The van der Waals surface area contributed by atoms with E-state index in [9.17, 15) is 4.39 Å². The van der Waals surface area contributed by atoms with Crippen LogP contribution in [0.2, 0.25) is 17.3 Å². The van der Waals surface area contributed by atoms with E-state index >= 15 is 0 Å². The predicted molar refractivity (Wildman–Crippen MR) is 189 cm³/mol. The maximum atomic E-state index is 14.5. The molecule has 0 aliphatic rings. The van der Waals surface area contributed by atoms with E-state index in [1.165, 1.54) is 11.6 Å². The first-order valence-corrected chi connectivity index (χ1v) is 22.6. The van der Waals surface area contributed by atoms with Gasteiger partial charge in [0, 0.05) is 31.7 Å². The number of hydrogen-bond donors (Lipinski definition) is 0. The number of hydrogen-bond acceptors (Lipinski definition) is 3. The van der Waals surface area contributed by atoms with Crippen LogP contribution in [0.5, 0.6) is 0 Å². The molecule has 3 nitrogen and oxygen atoms in total. The Morgan fingerprint density at radius 2 is 1.70 bits per heavy atom. The monoisotopic (exact) mass is 857 g/mol. The zero-order valence-electron chi connectivity index (χ0n) is 31.7. The molecule has 0 saturated heterocycles. The van der Waals surface area contributed by atoms with Crippen LogP contribution in [0.4, 0.5) is 4.39 Å². The van der Waals surface area contributed by atoms with Gasteiger partial charge in [0.15, 0.2) is 0 Å². The van der Waals surface area contributed by atoms with Gasteiger partial charge in [0.25, 0.3) is 0 Å². The Kier molecular flexibility index (Phi) is 9.42. The van der Waals surface area contributed by atoms with Crippen LogP contribution < -0.4 is 4.40 Å². The van der Waals surface area contributed by atoms with Gasteiger partial charge in [-0.25, -0.2) is 0 Å². The average molecular weight is 856 g/mol. The van der Waals surface area contributed by atoms with Crippen LogP contribution in [-0.4, -0.2) is 23.2 Å². The smallest absolute Gasteiger partial charge is 0 e. The minimum absolute atomic E-state index is 0. The summed E-state index contributed by atoms with van der Waals surface area (Å²) in [6.45, 7) is 7.99. The van der Waals surface area contributed by atoms with Crippen molar-refractivity contribution in [1.82, 2.24) is 9.97 Å². The van der Waals surface area contributed by atoms with E-state index in [4.69, 9.17) is 9.90 Å². The molecule has 6 heteroatoms. The van der Waals surface area contributed by atoms with Crippen LogP contribution in [0.25, 0.3) is 44.5 Å². The Balaban J connectivity index is 0.000000220. The molecule has 3 aromatic heterocycles. The molecule has 0 aliphatic carbocycles. The summed E-state index contributed by atoms with van der Waals surface area (Å²) in [5.74, 6) is 5.18. The molecule has 0 bridgehead atoms. The zero-order valence-corrected chi connectivity index (χ0v) is 32.2. The van der Waals surface area contributed by atoms with Gasteiger partial charge in [0.1, 0.15) is 5.58 Å². The molecule has 0 saturated carbocycles. The van der Waals surface area contributed by atoms with Crippen molar-refractivity contribution in [2.75, 3.05) is 0 Å². The van der Waals surface area contributed by atoms with Crippen LogP contribution in [0.15, 0.2) is 83.5 Å². The van der Waals surface area contributed by atoms with E-state index in [2.05, 4.69) is 84.4 Å². The van der Waals surface area contributed by atoms with E-state index in [0.717, 1.165) is 55.6 Å². The van der Waals surface area contributed by atoms with Crippen LogP contribution in [0.1, 0.15) is 62.7 Å². The fraction of sp³-hybridized carbons (Fsp3) is 0.300. The third-order valence-corrected chi connectivity index (χ3v) is 11.8. The van der Waals surface area contributed by atoms with Crippen molar-refractivity contribution in [1.29, 1.82) is 0 Å². The summed E-state index contributed by atoms with van der Waals surface area (Å²) in [5, 5.41) is 2.25. The quantitative estimate of drug-likeness (QED) is 0.128. The fourth-order valence-electron chi connectivity index (χ4n) is 5.48. The van der Waals surface area contributed by atoms with Crippen molar-refractivity contribution >= 4 is 39.6 Å². The Hall–Kier alpha value is -3.12. The van der Waals surface area contributed by atoms with Crippen LogP contribution in [0, 0.1) is 30.2 Å². The van der Waals surface area contributed by atoms with E-state index < -0.39 is 31.8 Å². The Morgan fingerprint density at radius 1 is 0.957 bits per heavy atom. The van der Waals surface area contributed by atoms with E-state index in [1.54, 1.807) is 26.1 Å². The second-order valence-corrected chi connectivity index (χ2v) is 24.5. The normalized spacial score (nSPS) is 13.6. The molecule has 6 aromatic rings. The summed E-state index contributed by atoms with van der Waals surface area (Å²) < 4.78 is 52.3. The summed E-state index contributed by atoms with van der Waals surface area (Å²) in [6.07, 6.45) is 4.65. The van der Waals surface area contributed by atoms with Crippen LogP contribution in [0.3, 0.4) is 0 Å². The molecule has 3 aromatic carbocycles. The van der Waals surface area contributed by atoms with Gasteiger partial charge in [-0.15, -0.1) is 18.2 Å². The number of aromatic nitrogens is 2. The van der Waals surface area contributed by atoms with Crippen LogP contribution >= 0.6 is 0 Å². The number of nitrogens with zero attached hydrogens (tertiary/aromatic N) is 2. The van der Waals surface area contributed by atoms with Gasteiger partial charge in [0.05, 0.1) is 5.58 Å². The van der Waals surface area contributed by atoms with Crippen molar-refractivity contribution in [3.8, 4) is 22.5 Å². The van der Waals surface area contributed by atoms with Gasteiger partial charge >= 0.3 is 135 Å². The van der Waals surface area contributed by atoms with E-state index in [1.807, 2.05) is 30.5 Å². The molecule has 0 amide bonds. The molecule has 0 N–H and O–H groups in total. The third-order valence-electron chi connectivity index (χ3n) is 7.55.